The number of rotatable bonds is 9. The molecule has 0 aliphatic carbocycles. The summed E-state index contributed by atoms with van der Waals surface area (Å²) < 4.78 is 65.1. The molecule has 8 heteroatoms. The molecule has 2 aliphatic rings. The van der Waals surface area contributed by atoms with Crippen LogP contribution in [0, 0.1) is 11.6 Å². The molecule has 0 bridgehead atoms. The Morgan fingerprint density at radius 2 is 1.84 bits per heavy atom. The molecule has 1 N–H and O–H groups in total. The Morgan fingerprint density at radius 1 is 1.14 bits per heavy atom. The number of hydrogen-bond donors (Lipinski definition) is 1. The summed E-state index contributed by atoms with van der Waals surface area (Å²) >= 11 is 0. The number of H-pyrrole nitrogens is 1. The molecule has 0 spiro atoms. The van der Waals surface area contributed by atoms with Crippen LogP contribution in [0.5, 0.6) is 5.75 Å². The lowest BCUT2D eigenvalue weighted by atomic mass is 9.86. The van der Waals surface area contributed by atoms with Crippen molar-refractivity contribution >= 4 is 10.9 Å². The molecule has 3 heterocycles. The molecule has 2 aliphatic heterocycles. The second-order valence-corrected chi connectivity index (χ2v) is 10.8. The Morgan fingerprint density at radius 3 is 2.51 bits per heavy atom. The van der Waals surface area contributed by atoms with Crippen molar-refractivity contribution in [1.29, 1.82) is 0 Å². The van der Waals surface area contributed by atoms with Gasteiger partial charge in [0.05, 0.1) is 12.7 Å². The summed E-state index contributed by atoms with van der Waals surface area (Å²) in [5, 5.41) is 1.02. The van der Waals surface area contributed by atoms with E-state index in [2.05, 4.69) is 4.98 Å². The molecule has 3 atom stereocenters. The van der Waals surface area contributed by atoms with Gasteiger partial charge in [0.2, 0.25) is 0 Å². The Hall–Kier alpha value is -2.58. The van der Waals surface area contributed by atoms with Gasteiger partial charge in [0, 0.05) is 66.5 Å². The van der Waals surface area contributed by atoms with Gasteiger partial charge >= 0.3 is 0 Å². The van der Waals surface area contributed by atoms with Gasteiger partial charge in [-0.2, -0.15) is 0 Å². The van der Waals surface area contributed by atoms with Crippen molar-refractivity contribution in [3.8, 4) is 5.75 Å². The van der Waals surface area contributed by atoms with Gasteiger partial charge in [-0.3, -0.25) is 14.2 Å². The maximum Gasteiger partial charge on any atom is 0.135 e. The average Bonchev–Trinajstić information content (AvgIpc) is 3.19. The molecular weight excluding hydrogens is 482 g/mol. The van der Waals surface area contributed by atoms with Crippen LogP contribution in [0.25, 0.3) is 10.9 Å². The maximum absolute atomic E-state index is 15.8. The van der Waals surface area contributed by atoms with Crippen molar-refractivity contribution in [2.24, 2.45) is 0 Å². The summed E-state index contributed by atoms with van der Waals surface area (Å²) in [5.74, 6) is -1.30. The molecule has 1 aromatic heterocycles. The second kappa shape index (κ2) is 10.3. The molecule has 1 saturated heterocycles. The smallest absolute Gasteiger partial charge is 0.135 e. The van der Waals surface area contributed by atoms with E-state index in [1.54, 1.807) is 6.92 Å². The van der Waals surface area contributed by atoms with E-state index < -0.39 is 23.3 Å². The SMILES string of the molecule is CC[C@@](C)(F)CN1[C@H](c2c(F)cc(OC3CN(CCCF)C3)cc2F)c2[nH]c3ccccc3c2C[C@H]1C. The van der Waals surface area contributed by atoms with Crippen molar-refractivity contribution < 1.29 is 22.3 Å². The molecule has 0 unspecified atom stereocenters. The third-order valence-corrected chi connectivity index (χ3v) is 7.93. The molecule has 2 aromatic carbocycles. The molecule has 3 aromatic rings. The Balaban J connectivity index is 1.50. The summed E-state index contributed by atoms with van der Waals surface area (Å²) in [4.78, 5) is 7.33. The number of nitrogens with zero attached hydrogens (tertiary/aromatic N) is 2. The van der Waals surface area contributed by atoms with E-state index in [1.165, 1.54) is 19.1 Å². The largest absolute Gasteiger partial charge is 0.488 e. The number of nitrogens with one attached hydrogen (secondary N) is 1. The lowest BCUT2D eigenvalue weighted by Crippen LogP contribution is -2.53. The molecular formula is C29H35F4N3O. The number of para-hydroxylation sites is 1. The minimum absolute atomic E-state index is 0.0536. The highest BCUT2D eigenvalue weighted by Gasteiger charge is 2.41. The molecule has 0 radical (unpaired) electrons. The number of hydrogen-bond acceptors (Lipinski definition) is 3. The van der Waals surface area contributed by atoms with Crippen LogP contribution in [0.1, 0.15) is 56.5 Å². The standard InChI is InChI=1S/C29H35F4N3O/c1-4-29(3,33)17-36-18(2)12-22-21-8-5-6-9-25(21)34-27(22)28(36)26-23(31)13-19(14-24(26)32)37-20-15-35(16-20)11-7-10-30/h5-6,8-9,13-14,18,20,28,34H,4,7,10-12,15-17H2,1-3H3/t18-,28-,29-/m1/s1. The van der Waals surface area contributed by atoms with Gasteiger partial charge in [0.25, 0.3) is 0 Å². The van der Waals surface area contributed by atoms with Gasteiger partial charge in [0.1, 0.15) is 29.2 Å². The maximum atomic E-state index is 15.8. The van der Waals surface area contributed by atoms with Crippen LogP contribution in [0.15, 0.2) is 36.4 Å². The van der Waals surface area contributed by atoms with Crippen LogP contribution in [-0.4, -0.2) is 65.5 Å². The highest BCUT2D eigenvalue weighted by molar-refractivity contribution is 5.85. The molecule has 0 amide bonds. The molecule has 37 heavy (non-hydrogen) atoms. The molecule has 1 fully saturated rings. The van der Waals surface area contributed by atoms with Crippen molar-refractivity contribution in [3.63, 3.8) is 0 Å². The third-order valence-electron chi connectivity index (χ3n) is 7.93. The lowest BCUT2D eigenvalue weighted by Gasteiger charge is -2.43. The molecule has 0 saturated carbocycles. The summed E-state index contributed by atoms with van der Waals surface area (Å²) in [6, 6.07) is 9.36. The van der Waals surface area contributed by atoms with Crippen LogP contribution >= 0.6 is 0 Å². The minimum Gasteiger partial charge on any atom is -0.488 e. The Labute approximate surface area is 215 Å². The number of ether oxygens (including phenoxy) is 1. The van der Waals surface area contributed by atoms with Crippen molar-refractivity contribution in [2.75, 3.05) is 32.9 Å². The number of benzene rings is 2. The zero-order chi connectivity index (χ0) is 26.3. The van der Waals surface area contributed by atoms with Crippen molar-refractivity contribution in [1.82, 2.24) is 14.8 Å². The number of likely N-dealkylation sites (tertiary alicyclic amines) is 1. The van der Waals surface area contributed by atoms with E-state index in [0.29, 0.717) is 44.6 Å². The number of aromatic nitrogens is 1. The van der Waals surface area contributed by atoms with E-state index in [1.807, 2.05) is 41.0 Å². The predicted molar refractivity (Wildman–Crippen MR) is 138 cm³/mol. The van der Waals surface area contributed by atoms with Crippen LogP contribution < -0.4 is 4.74 Å². The monoisotopic (exact) mass is 517 g/mol. The highest BCUT2D eigenvalue weighted by Crippen LogP contribution is 2.44. The van der Waals surface area contributed by atoms with Crippen LogP contribution in [0.4, 0.5) is 17.6 Å². The first-order valence-corrected chi connectivity index (χ1v) is 13.2. The van der Waals surface area contributed by atoms with Crippen LogP contribution in [-0.2, 0) is 6.42 Å². The molecule has 4 nitrogen and oxygen atoms in total. The van der Waals surface area contributed by atoms with E-state index >= 15 is 13.2 Å². The summed E-state index contributed by atoms with van der Waals surface area (Å²) in [6.07, 6.45) is 1.23. The molecule has 5 rings (SSSR count). The van der Waals surface area contributed by atoms with Gasteiger partial charge in [-0.15, -0.1) is 0 Å². The first kappa shape index (κ1) is 26.0. The van der Waals surface area contributed by atoms with Crippen molar-refractivity contribution in [3.05, 3.63) is 64.9 Å². The minimum atomic E-state index is -1.51. The summed E-state index contributed by atoms with van der Waals surface area (Å²) in [7, 11) is 0. The highest BCUT2D eigenvalue weighted by atomic mass is 19.1. The summed E-state index contributed by atoms with van der Waals surface area (Å²) in [5.41, 5.74) is 1.01. The fourth-order valence-corrected chi connectivity index (χ4v) is 5.70. The fourth-order valence-electron chi connectivity index (χ4n) is 5.70. The van der Waals surface area contributed by atoms with Gasteiger partial charge in [0.15, 0.2) is 0 Å². The molecule has 200 valence electrons. The summed E-state index contributed by atoms with van der Waals surface area (Å²) in [6.45, 7) is 6.84. The number of aromatic amines is 1. The quantitative estimate of drug-likeness (QED) is 0.336. The van der Waals surface area contributed by atoms with E-state index in [4.69, 9.17) is 4.74 Å². The number of alkyl halides is 2. The zero-order valence-electron chi connectivity index (χ0n) is 21.7. The van der Waals surface area contributed by atoms with E-state index in [-0.39, 0.29) is 36.7 Å². The topological polar surface area (TPSA) is 31.5 Å². The predicted octanol–water partition coefficient (Wildman–Crippen LogP) is 6.34. The first-order chi connectivity index (χ1) is 17.7. The van der Waals surface area contributed by atoms with Gasteiger partial charge in [-0.1, -0.05) is 25.1 Å². The lowest BCUT2D eigenvalue weighted by molar-refractivity contribution is 0.0179. The average molecular weight is 518 g/mol. The number of halogens is 4. The van der Waals surface area contributed by atoms with Gasteiger partial charge in [-0.05, 0) is 44.7 Å². The van der Waals surface area contributed by atoms with Crippen LogP contribution in [0.3, 0.4) is 0 Å². The van der Waals surface area contributed by atoms with Crippen LogP contribution in [0.2, 0.25) is 0 Å². The Kier molecular flexibility index (Phi) is 7.24. The van der Waals surface area contributed by atoms with E-state index in [0.717, 1.165) is 16.5 Å². The van der Waals surface area contributed by atoms with Gasteiger partial charge < -0.3 is 9.72 Å². The first-order valence-electron chi connectivity index (χ1n) is 13.2. The zero-order valence-corrected chi connectivity index (χ0v) is 21.7. The second-order valence-electron chi connectivity index (χ2n) is 10.8. The van der Waals surface area contributed by atoms with Gasteiger partial charge in [-0.25, -0.2) is 13.2 Å². The fraction of sp³-hybridized carbons (Fsp3) is 0.517. The third kappa shape index (κ3) is 5.10. The Bertz CT molecular complexity index is 1230. The number of fused-ring (bicyclic) bond motifs is 3. The van der Waals surface area contributed by atoms with E-state index in [9.17, 15) is 4.39 Å². The van der Waals surface area contributed by atoms with Crippen molar-refractivity contribution in [2.45, 2.75) is 63.9 Å². The normalized spacial score (nSPS) is 22.6.